The zero-order valence-corrected chi connectivity index (χ0v) is 45.6. The third-order valence-electron chi connectivity index (χ3n) is 17.1. The average molecular weight is 1080 g/mol. The van der Waals surface area contributed by atoms with Gasteiger partial charge in [0.1, 0.15) is 39.5 Å². The van der Waals surface area contributed by atoms with Crippen molar-refractivity contribution in [2.45, 2.75) is 13.8 Å². The first-order valence-corrected chi connectivity index (χ1v) is 28.3. The van der Waals surface area contributed by atoms with Crippen LogP contribution in [0.4, 0.5) is 34.1 Å². The number of benzene rings is 13. The number of anilines is 6. The lowest BCUT2D eigenvalue weighted by Gasteiger charge is -2.27. The summed E-state index contributed by atoms with van der Waals surface area (Å²) in [4.78, 5) is 4.60. The van der Waals surface area contributed by atoms with E-state index in [1.54, 1.807) is 0 Å². The molecule has 0 bridgehead atoms. The molecule has 13 aromatic carbocycles. The fourth-order valence-corrected chi connectivity index (χ4v) is 13.1. The Morgan fingerprint density at radius 2 is 0.762 bits per heavy atom. The standard InChI is InChI=1S/C77H47N3O4/c1-45-17-9-11-29-65(45)79(67-31-15-27-59-57-25-13-23-55(73(57)83-76(59)67)47-19-5-3-6-20-47)53-35-33-49-39-61-62-43-71-72(64(44-78)75(62)82-69(61)41-51(49)37-53)63-40-50-34-36-54(38-52(50)42-70(63)81-71)80(66-30-12-10-18-46(66)2)68-32-16-28-60-58-26-14-24-56(74(58)84-77(60)68)48-21-7-4-8-22-48/h3-43H,1-2H3. The average Bonchev–Trinajstić information content (AvgIpc) is 2.04. The molecule has 84 heavy (non-hydrogen) atoms. The maximum absolute atomic E-state index is 11.1. The Kier molecular flexibility index (Phi) is 10.4. The molecule has 7 heteroatoms. The van der Waals surface area contributed by atoms with Crippen LogP contribution >= 0.6 is 0 Å². The molecule has 0 spiro atoms. The van der Waals surface area contributed by atoms with Crippen LogP contribution in [0.3, 0.4) is 0 Å². The van der Waals surface area contributed by atoms with Crippen LogP contribution in [0.25, 0.3) is 132 Å². The molecule has 7 nitrogen and oxygen atoms in total. The van der Waals surface area contributed by atoms with Gasteiger partial charge in [-0.2, -0.15) is 5.26 Å². The highest BCUT2D eigenvalue weighted by Gasteiger charge is 2.26. The molecular formula is C77H47N3O4. The second-order valence-corrected chi connectivity index (χ2v) is 21.9. The van der Waals surface area contributed by atoms with Crippen molar-refractivity contribution < 1.29 is 17.7 Å². The zero-order chi connectivity index (χ0) is 55.7. The van der Waals surface area contributed by atoms with Gasteiger partial charge in [0.2, 0.25) is 0 Å². The molecule has 0 saturated carbocycles. The molecule has 0 radical (unpaired) electrons. The van der Waals surface area contributed by atoms with Crippen LogP contribution in [0.1, 0.15) is 16.7 Å². The third kappa shape index (κ3) is 7.17. The van der Waals surface area contributed by atoms with E-state index in [-0.39, 0.29) is 0 Å². The molecular weight excluding hydrogens is 1030 g/mol. The monoisotopic (exact) mass is 1080 g/mol. The summed E-state index contributed by atoms with van der Waals surface area (Å²) >= 11 is 0. The summed E-state index contributed by atoms with van der Waals surface area (Å²) in [6.07, 6.45) is 0. The zero-order valence-electron chi connectivity index (χ0n) is 45.6. The molecule has 17 aromatic rings. The molecule has 4 heterocycles. The Labute approximate surface area is 481 Å². The van der Waals surface area contributed by atoms with Crippen LogP contribution in [0.5, 0.6) is 0 Å². The maximum atomic E-state index is 11.1. The minimum atomic E-state index is 0.443. The molecule has 0 amide bonds. The first-order valence-electron chi connectivity index (χ1n) is 28.3. The highest BCUT2D eigenvalue weighted by molar-refractivity contribution is 6.22. The van der Waals surface area contributed by atoms with Gasteiger partial charge in [0, 0.05) is 77.0 Å². The van der Waals surface area contributed by atoms with Crippen molar-refractivity contribution in [3.05, 3.63) is 265 Å². The van der Waals surface area contributed by atoms with E-state index in [1.807, 2.05) is 18.2 Å². The molecule has 17 rings (SSSR count). The van der Waals surface area contributed by atoms with E-state index >= 15 is 0 Å². The smallest absolute Gasteiger partial charge is 0.159 e. The van der Waals surface area contributed by atoms with Crippen molar-refractivity contribution in [2.75, 3.05) is 9.80 Å². The molecule has 0 atom stereocenters. The molecule has 0 aliphatic carbocycles. The number of hydrogen-bond donors (Lipinski definition) is 0. The Bertz CT molecular complexity index is 5400. The number of hydrogen-bond acceptors (Lipinski definition) is 7. The molecule has 0 fully saturated rings. The van der Waals surface area contributed by atoms with Crippen LogP contribution in [-0.4, -0.2) is 0 Å². The van der Waals surface area contributed by atoms with Gasteiger partial charge in [0.05, 0.1) is 11.4 Å². The largest absolute Gasteiger partial charge is 0.456 e. The summed E-state index contributed by atoms with van der Waals surface area (Å²) in [5.41, 5.74) is 18.7. The summed E-state index contributed by atoms with van der Waals surface area (Å²) in [6.45, 7) is 4.29. The van der Waals surface area contributed by atoms with Gasteiger partial charge in [0.25, 0.3) is 0 Å². The minimum absolute atomic E-state index is 0.443. The van der Waals surface area contributed by atoms with Crippen LogP contribution in [-0.2, 0) is 0 Å². The molecule has 4 aromatic heterocycles. The van der Waals surface area contributed by atoms with Gasteiger partial charge in [-0.1, -0.05) is 170 Å². The van der Waals surface area contributed by atoms with Crippen LogP contribution in [0.2, 0.25) is 0 Å². The quantitative estimate of drug-likeness (QED) is 0.150. The van der Waals surface area contributed by atoms with E-state index in [1.165, 1.54) is 0 Å². The van der Waals surface area contributed by atoms with Gasteiger partial charge in [-0.25, -0.2) is 0 Å². The van der Waals surface area contributed by atoms with E-state index < -0.39 is 0 Å². The number of nitriles is 1. The molecule has 0 N–H and O–H groups in total. The highest BCUT2D eigenvalue weighted by atomic mass is 16.3. The van der Waals surface area contributed by atoms with Gasteiger partial charge in [-0.15, -0.1) is 0 Å². The van der Waals surface area contributed by atoms with Crippen molar-refractivity contribution in [2.24, 2.45) is 0 Å². The lowest BCUT2D eigenvalue weighted by molar-refractivity contribution is 0.663. The molecule has 0 unspecified atom stereocenters. The summed E-state index contributed by atoms with van der Waals surface area (Å²) in [5.74, 6) is 0. The van der Waals surface area contributed by atoms with Gasteiger partial charge in [-0.3, -0.25) is 0 Å². The topological polar surface area (TPSA) is 82.8 Å². The summed E-state index contributed by atoms with van der Waals surface area (Å²) in [5, 5.41) is 22.7. The van der Waals surface area contributed by atoms with Crippen molar-refractivity contribution >= 4 is 143 Å². The van der Waals surface area contributed by atoms with E-state index in [2.05, 4.69) is 260 Å². The number of furan rings is 4. The third-order valence-corrected chi connectivity index (χ3v) is 17.1. The second kappa shape index (κ2) is 18.3. The predicted molar refractivity (Wildman–Crippen MR) is 345 cm³/mol. The maximum Gasteiger partial charge on any atom is 0.159 e. The Morgan fingerprint density at radius 3 is 1.27 bits per heavy atom. The van der Waals surface area contributed by atoms with Crippen molar-refractivity contribution in [1.29, 1.82) is 5.26 Å². The minimum Gasteiger partial charge on any atom is -0.456 e. The molecule has 0 aliphatic rings. The van der Waals surface area contributed by atoms with Gasteiger partial charge in [0.15, 0.2) is 16.7 Å². The fraction of sp³-hybridized carbons (Fsp3) is 0.0260. The lowest BCUT2D eigenvalue weighted by Crippen LogP contribution is -2.11. The van der Waals surface area contributed by atoms with Gasteiger partial charge >= 0.3 is 0 Å². The first-order chi connectivity index (χ1) is 41.4. The SMILES string of the molecule is Cc1ccccc1N(c1ccc2cc3c(cc2c1)oc1c(C#N)c2c(cc13)oc1cc3cc(N(c4ccccc4C)c4cccc5c4oc4c(-c6ccccc6)cccc45)ccc3cc12)c1cccc2c1oc1c(-c3ccccc3)cccc12. The van der Waals surface area contributed by atoms with Crippen molar-refractivity contribution in [3.63, 3.8) is 0 Å². The number of rotatable bonds is 8. The molecule has 0 saturated heterocycles. The van der Waals surface area contributed by atoms with Crippen molar-refractivity contribution in [1.82, 2.24) is 0 Å². The number of aryl methyl sites for hydroxylation is 2. The lowest BCUT2D eigenvalue weighted by atomic mass is 9.99. The predicted octanol–water partition coefficient (Wildman–Crippen LogP) is 22.4. The number of fused-ring (bicyclic) bond motifs is 14. The summed E-state index contributed by atoms with van der Waals surface area (Å²) < 4.78 is 27.6. The van der Waals surface area contributed by atoms with Gasteiger partial charge in [-0.05, 0) is 137 Å². The Hall–Kier alpha value is -11.3. The first kappa shape index (κ1) is 47.5. The van der Waals surface area contributed by atoms with Crippen molar-refractivity contribution in [3.8, 4) is 28.3 Å². The summed E-state index contributed by atoms with van der Waals surface area (Å²) in [6, 6.07) is 89.5. The van der Waals surface area contributed by atoms with E-state index in [0.29, 0.717) is 27.9 Å². The Morgan fingerprint density at radius 1 is 0.310 bits per heavy atom. The summed E-state index contributed by atoms with van der Waals surface area (Å²) in [7, 11) is 0. The van der Waals surface area contributed by atoms with Gasteiger partial charge < -0.3 is 27.5 Å². The van der Waals surface area contributed by atoms with E-state index in [4.69, 9.17) is 17.7 Å². The number of para-hydroxylation sites is 6. The second-order valence-electron chi connectivity index (χ2n) is 21.9. The fourth-order valence-electron chi connectivity index (χ4n) is 13.1. The van der Waals surface area contributed by atoms with Crippen LogP contribution in [0, 0.1) is 25.2 Å². The normalized spacial score (nSPS) is 11.9. The molecule has 0 aliphatic heterocycles. The Balaban J connectivity index is 0.783. The van der Waals surface area contributed by atoms with Crippen LogP contribution < -0.4 is 9.80 Å². The van der Waals surface area contributed by atoms with E-state index in [0.717, 1.165) is 154 Å². The highest BCUT2D eigenvalue weighted by Crippen LogP contribution is 2.49. The number of nitrogens with zero attached hydrogens (tertiary/aromatic N) is 3. The molecule has 394 valence electrons. The van der Waals surface area contributed by atoms with E-state index in [9.17, 15) is 5.26 Å². The van der Waals surface area contributed by atoms with Crippen LogP contribution in [0.15, 0.2) is 266 Å².